The van der Waals surface area contributed by atoms with Gasteiger partial charge in [-0.3, -0.25) is 4.98 Å². The van der Waals surface area contributed by atoms with Crippen LogP contribution in [-0.4, -0.2) is 46.5 Å². The van der Waals surface area contributed by atoms with E-state index in [9.17, 15) is 14.7 Å². The van der Waals surface area contributed by atoms with Crippen LogP contribution < -0.4 is 10.1 Å². The molecule has 0 saturated heterocycles. The van der Waals surface area contributed by atoms with Crippen molar-refractivity contribution in [3.8, 4) is 5.75 Å². The summed E-state index contributed by atoms with van der Waals surface area (Å²) < 4.78 is 16.0. The molecule has 2 N–H and O–H groups in total. The van der Waals surface area contributed by atoms with Gasteiger partial charge in [0.25, 0.3) is 0 Å². The van der Waals surface area contributed by atoms with E-state index >= 15 is 0 Å². The molecule has 0 fully saturated rings. The summed E-state index contributed by atoms with van der Waals surface area (Å²) in [5.41, 5.74) is 0.247. The first-order chi connectivity index (χ1) is 12.8. The van der Waals surface area contributed by atoms with Gasteiger partial charge in [0.05, 0.1) is 19.4 Å². The van der Waals surface area contributed by atoms with Gasteiger partial charge in [-0.1, -0.05) is 0 Å². The average molecular weight is 396 g/mol. The Hall–Kier alpha value is -2.35. The number of alkyl carbamates (subject to hydrolysis) is 1. The van der Waals surface area contributed by atoms with Crippen molar-refractivity contribution in [2.24, 2.45) is 0 Å². The number of amides is 1. The molecular weight excluding hydrogens is 364 g/mol. The number of aliphatic hydroxyl groups excluding tert-OH is 1. The van der Waals surface area contributed by atoms with E-state index in [1.165, 1.54) is 7.11 Å². The number of carbonyl (C=O) groups excluding carboxylic acids is 2. The first kappa shape index (κ1) is 23.7. The molecule has 1 rings (SSSR count). The van der Waals surface area contributed by atoms with Crippen molar-refractivity contribution in [1.29, 1.82) is 0 Å². The Balaban J connectivity index is 3.19. The number of hydrogen-bond acceptors (Lipinski definition) is 7. The number of hydrogen-bond donors (Lipinski definition) is 2. The highest BCUT2D eigenvalue weighted by atomic mass is 16.6. The fraction of sp³-hybridized carbons (Fsp3) is 0.650. The van der Waals surface area contributed by atoms with Crippen LogP contribution >= 0.6 is 0 Å². The third-order valence-electron chi connectivity index (χ3n) is 3.57. The first-order valence-corrected chi connectivity index (χ1v) is 9.12. The van der Waals surface area contributed by atoms with Crippen LogP contribution in [-0.2, 0) is 27.3 Å². The first-order valence-electron chi connectivity index (χ1n) is 9.12. The average Bonchev–Trinajstić information content (AvgIpc) is 2.51. The summed E-state index contributed by atoms with van der Waals surface area (Å²) in [6.45, 7) is 11.9. The van der Waals surface area contributed by atoms with Gasteiger partial charge in [-0.2, -0.15) is 0 Å². The fourth-order valence-electron chi connectivity index (χ4n) is 2.53. The second-order valence-electron chi connectivity index (χ2n) is 8.48. The van der Waals surface area contributed by atoms with E-state index in [0.29, 0.717) is 22.6 Å². The molecule has 0 aliphatic carbocycles. The van der Waals surface area contributed by atoms with E-state index in [2.05, 4.69) is 10.3 Å². The van der Waals surface area contributed by atoms with Gasteiger partial charge in [0.2, 0.25) is 0 Å². The summed E-state index contributed by atoms with van der Waals surface area (Å²) in [4.78, 5) is 29.2. The number of aryl methyl sites for hydroxylation is 1. The third-order valence-corrected chi connectivity index (χ3v) is 3.57. The Morgan fingerprint density at radius 1 is 1.14 bits per heavy atom. The summed E-state index contributed by atoms with van der Waals surface area (Å²) in [6.07, 6.45) is 0.881. The molecule has 0 spiro atoms. The molecule has 1 aromatic rings. The SMILES string of the molecule is COc1c(C)ncc(C[C@@H](NC(=O)OC(C)(C)C)C(=O)OC(C)(C)C)c1CO. The van der Waals surface area contributed by atoms with Crippen LogP contribution in [0, 0.1) is 6.92 Å². The Morgan fingerprint density at radius 2 is 1.71 bits per heavy atom. The maximum atomic E-state index is 12.7. The van der Waals surface area contributed by atoms with Gasteiger partial charge in [-0.05, 0) is 54.0 Å². The molecule has 1 atom stereocenters. The number of nitrogens with zero attached hydrogens (tertiary/aromatic N) is 1. The van der Waals surface area contributed by atoms with E-state index in [0.717, 1.165) is 0 Å². The molecule has 0 saturated carbocycles. The smallest absolute Gasteiger partial charge is 0.408 e. The monoisotopic (exact) mass is 396 g/mol. The third kappa shape index (κ3) is 7.34. The lowest BCUT2D eigenvalue weighted by Gasteiger charge is -2.26. The van der Waals surface area contributed by atoms with Gasteiger partial charge in [0.1, 0.15) is 23.0 Å². The van der Waals surface area contributed by atoms with E-state index in [-0.39, 0.29) is 13.0 Å². The lowest BCUT2D eigenvalue weighted by molar-refractivity contribution is -0.157. The van der Waals surface area contributed by atoms with E-state index in [1.54, 1.807) is 54.7 Å². The lowest BCUT2D eigenvalue weighted by Crippen LogP contribution is -2.47. The Labute approximate surface area is 166 Å². The standard InChI is InChI=1S/C20H32N2O6/c1-12-16(26-8)14(11-23)13(10-21-12)9-15(17(24)27-19(2,3)4)22-18(25)28-20(5,6)7/h10,15,23H,9,11H2,1-8H3,(H,22,25)/t15-/m1/s1. The van der Waals surface area contributed by atoms with Gasteiger partial charge < -0.3 is 24.6 Å². The number of aliphatic hydroxyl groups is 1. The van der Waals surface area contributed by atoms with Gasteiger partial charge in [0, 0.05) is 18.2 Å². The van der Waals surface area contributed by atoms with Crippen molar-refractivity contribution in [3.05, 3.63) is 23.0 Å². The largest absolute Gasteiger partial charge is 0.494 e. The summed E-state index contributed by atoms with van der Waals surface area (Å²) in [5.74, 6) is -0.165. The van der Waals surface area contributed by atoms with Crippen LogP contribution in [0.1, 0.15) is 58.4 Å². The molecule has 0 bridgehead atoms. The molecule has 1 aromatic heterocycles. The van der Waals surface area contributed by atoms with Gasteiger partial charge >= 0.3 is 12.1 Å². The molecule has 0 aliphatic rings. The van der Waals surface area contributed by atoms with Crippen molar-refractivity contribution in [1.82, 2.24) is 10.3 Å². The van der Waals surface area contributed by atoms with Crippen molar-refractivity contribution >= 4 is 12.1 Å². The minimum Gasteiger partial charge on any atom is -0.494 e. The van der Waals surface area contributed by atoms with Gasteiger partial charge in [-0.25, -0.2) is 9.59 Å². The lowest BCUT2D eigenvalue weighted by atomic mass is 10.0. The minimum atomic E-state index is -1.02. The number of rotatable bonds is 6. The summed E-state index contributed by atoms with van der Waals surface area (Å²) in [5, 5.41) is 12.4. The van der Waals surface area contributed by atoms with Crippen LogP contribution in [0.3, 0.4) is 0 Å². The molecule has 28 heavy (non-hydrogen) atoms. The molecule has 8 nitrogen and oxygen atoms in total. The van der Waals surface area contributed by atoms with Crippen molar-refractivity contribution in [3.63, 3.8) is 0 Å². The quantitative estimate of drug-likeness (QED) is 0.712. The number of methoxy groups -OCH3 is 1. The van der Waals surface area contributed by atoms with Crippen LogP contribution in [0.25, 0.3) is 0 Å². The highest BCUT2D eigenvalue weighted by Gasteiger charge is 2.30. The topological polar surface area (TPSA) is 107 Å². The van der Waals surface area contributed by atoms with Gasteiger partial charge in [-0.15, -0.1) is 0 Å². The zero-order valence-corrected chi connectivity index (χ0v) is 18.0. The van der Waals surface area contributed by atoms with E-state index in [1.807, 2.05) is 0 Å². The maximum Gasteiger partial charge on any atom is 0.408 e. The maximum absolute atomic E-state index is 12.7. The fourth-order valence-corrected chi connectivity index (χ4v) is 2.53. The predicted molar refractivity (Wildman–Crippen MR) is 104 cm³/mol. The number of aromatic nitrogens is 1. The number of esters is 1. The van der Waals surface area contributed by atoms with E-state index < -0.39 is 29.3 Å². The molecule has 0 aliphatic heterocycles. The number of nitrogens with one attached hydrogen (secondary N) is 1. The second kappa shape index (κ2) is 9.23. The molecule has 1 heterocycles. The van der Waals surface area contributed by atoms with Crippen molar-refractivity contribution < 1.29 is 28.9 Å². The van der Waals surface area contributed by atoms with Crippen LogP contribution in [0.15, 0.2) is 6.20 Å². The number of pyridine rings is 1. The zero-order chi connectivity index (χ0) is 21.7. The Morgan fingerprint density at radius 3 is 2.18 bits per heavy atom. The van der Waals surface area contributed by atoms with Crippen LogP contribution in [0.2, 0.25) is 0 Å². The van der Waals surface area contributed by atoms with Crippen molar-refractivity contribution in [2.45, 2.75) is 78.7 Å². The van der Waals surface area contributed by atoms with Gasteiger partial charge in [0.15, 0.2) is 0 Å². The van der Waals surface area contributed by atoms with Crippen LogP contribution in [0.5, 0.6) is 5.75 Å². The normalized spacial score (nSPS) is 12.9. The molecule has 0 aromatic carbocycles. The van der Waals surface area contributed by atoms with E-state index in [4.69, 9.17) is 14.2 Å². The molecule has 0 radical (unpaired) electrons. The Kier molecular flexibility index (Phi) is 7.81. The Bertz CT molecular complexity index is 704. The summed E-state index contributed by atoms with van der Waals surface area (Å²) in [6, 6.07) is -1.02. The molecule has 0 unspecified atom stereocenters. The van der Waals surface area contributed by atoms with Crippen LogP contribution in [0.4, 0.5) is 4.79 Å². The number of carbonyl (C=O) groups is 2. The zero-order valence-electron chi connectivity index (χ0n) is 18.0. The molecule has 158 valence electrons. The summed E-state index contributed by atoms with van der Waals surface area (Å²) >= 11 is 0. The predicted octanol–water partition coefficient (Wildman–Crippen LogP) is 2.67. The van der Waals surface area contributed by atoms with Crippen molar-refractivity contribution in [2.75, 3.05) is 7.11 Å². The minimum absolute atomic E-state index is 0.0632. The molecular formula is C20H32N2O6. The highest BCUT2D eigenvalue weighted by molar-refractivity contribution is 5.82. The molecule has 1 amide bonds. The molecule has 8 heteroatoms. The number of ether oxygens (including phenoxy) is 3. The second-order valence-corrected chi connectivity index (χ2v) is 8.48. The highest BCUT2D eigenvalue weighted by Crippen LogP contribution is 2.26. The summed E-state index contributed by atoms with van der Waals surface area (Å²) in [7, 11) is 1.48.